The number of alkyl halides is 2. The topological polar surface area (TPSA) is 17.1 Å². The zero-order valence-corrected chi connectivity index (χ0v) is 11.4. The lowest BCUT2D eigenvalue weighted by Crippen LogP contribution is -2.34. The molecule has 0 spiro atoms. The van der Waals surface area contributed by atoms with Crippen LogP contribution in [-0.2, 0) is 4.79 Å². The lowest BCUT2D eigenvalue weighted by Gasteiger charge is -2.28. The van der Waals surface area contributed by atoms with E-state index in [4.69, 9.17) is 11.6 Å². The first-order chi connectivity index (χ1) is 6.28. The predicted octanol–water partition coefficient (Wildman–Crippen LogP) is 4.12. The molecule has 82 valence electrons. The van der Waals surface area contributed by atoms with Crippen molar-refractivity contribution in [3.63, 3.8) is 0 Å². The molecule has 1 aliphatic carbocycles. The van der Waals surface area contributed by atoms with Crippen molar-refractivity contribution in [1.82, 2.24) is 0 Å². The highest BCUT2D eigenvalue weighted by molar-refractivity contribution is 9.10. The summed E-state index contributed by atoms with van der Waals surface area (Å²) in [7, 11) is 0. The van der Waals surface area contributed by atoms with E-state index in [-0.39, 0.29) is 15.1 Å². The SMILES string of the molecule is CC1(C)CCC[C@](C)([C@H](Cl)Br)C(=O)C1. The lowest BCUT2D eigenvalue weighted by atomic mass is 9.80. The van der Waals surface area contributed by atoms with E-state index in [1.807, 2.05) is 6.92 Å². The highest BCUT2D eigenvalue weighted by Gasteiger charge is 2.43. The number of ketones is 1. The van der Waals surface area contributed by atoms with Crippen LogP contribution in [0.1, 0.15) is 46.5 Å². The summed E-state index contributed by atoms with van der Waals surface area (Å²) in [5.41, 5.74) is -0.233. The van der Waals surface area contributed by atoms with Crippen molar-refractivity contribution in [2.24, 2.45) is 10.8 Å². The maximum absolute atomic E-state index is 12.1. The molecule has 1 saturated carbocycles. The van der Waals surface area contributed by atoms with Crippen LogP contribution in [0.15, 0.2) is 0 Å². The van der Waals surface area contributed by atoms with Crippen LogP contribution >= 0.6 is 27.5 Å². The highest BCUT2D eigenvalue weighted by atomic mass is 79.9. The lowest BCUT2D eigenvalue weighted by molar-refractivity contribution is -0.128. The number of halogens is 2. The second-order valence-electron chi connectivity index (χ2n) is 5.34. The van der Waals surface area contributed by atoms with E-state index in [0.717, 1.165) is 19.3 Å². The van der Waals surface area contributed by atoms with Crippen molar-refractivity contribution in [2.45, 2.75) is 50.7 Å². The molecule has 0 aromatic heterocycles. The minimum atomic E-state index is -0.380. The standard InChI is InChI=1S/C11H18BrClO/c1-10(2)5-4-6-11(3,9(12)13)8(14)7-10/h9H,4-7H2,1-3H3/t9-,11-/m0/s1. The fourth-order valence-corrected chi connectivity index (χ4v) is 2.74. The average Bonchev–Trinajstić information content (AvgIpc) is 2.10. The molecule has 0 bridgehead atoms. The molecule has 0 amide bonds. The molecule has 0 aromatic carbocycles. The van der Waals surface area contributed by atoms with Gasteiger partial charge in [0.1, 0.15) is 10.1 Å². The van der Waals surface area contributed by atoms with Crippen LogP contribution in [0, 0.1) is 10.8 Å². The van der Waals surface area contributed by atoms with Gasteiger partial charge in [-0.25, -0.2) is 0 Å². The van der Waals surface area contributed by atoms with E-state index in [9.17, 15) is 4.79 Å². The Hall–Kier alpha value is 0.440. The Bertz CT molecular complexity index is 237. The number of rotatable bonds is 1. The maximum Gasteiger partial charge on any atom is 0.141 e. The first-order valence-corrected chi connectivity index (χ1v) is 6.45. The van der Waals surface area contributed by atoms with Crippen LogP contribution in [0.5, 0.6) is 0 Å². The number of Topliss-reactive ketones (excluding diaryl/α,β-unsaturated/α-hetero) is 1. The summed E-state index contributed by atoms with van der Waals surface area (Å²) in [4.78, 5) is 12.1. The molecular weight excluding hydrogens is 263 g/mol. The van der Waals surface area contributed by atoms with E-state index in [0.29, 0.717) is 12.2 Å². The third-order valence-electron chi connectivity index (χ3n) is 3.31. The van der Waals surface area contributed by atoms with Gasteiger partial charge in [0.15, 0.2) is 0 Å². The van der Waals surface area contributed by atoms with Crippen LogP contribution in [0.2, 0.25) is 0 Å². The zero-order valence-electron chi connectivity index (χ0n) is 9.07. The van der Waals surface area contributed by atoms with Gasteiger partial charge in [-0.3, -0.25) is 4.79 Å². The Labute approximate surface area is 99.7 Å². The maximum atomic E-state index is 12.1. The largest absolute Gasteiger partial charge is 0.299 e. The summed E-state index contributed by atoms with van der Waals surface area (Å²) in [6, 6.07) is 0. The molecule has 0 unspecified atom stereocenters. The fourth-order valence-electron chi connectivity index (χ4n) is 2.03. The van der Waals surface area contributed by atoms with Crippen molar-refractivity contribution >= 4 is 33.3 Å². The zero-order chi connectivity index (χ0) is 11.0. The van der Waals surface area contributed by atoms with Crippen LogP contribution < -0.4 is 0 Å². The predicted molar refractivity (Wildman–Crippen MR) is 63.9 cm³/mol. The van der Waals surface area contributed by atoms with Crippen molar-refractivity contribution in [3.8, 4) is 0 Å². The fraction of sp³-hybridized carbons (Fsp3) is 0.909. The molecule has 0 N–H and O–H groups in total. The van der Waals surface area contributed by atoms with Crippen molar-refractivity contribution in [2.75, 3.05) is 0 Å². The minimum absolute atomic E-state index is 0.146. The Kier molecular flexibility index (Phi) is 3.69. The van der Waals surface area contributed by atoms with Crippen molar-refractivity contribution in [1.29, 1.82) is 0 Å². The summed E-state index contributed by atoms with van der Waals surface area (Å²) < 4.78 is -0.239. The minimum Gasteiger partial charge on any atom is -0.299 e. The summed E-state index contributed by atoms with van der Waals surface area (Å²) in [5, 5.41) is 0. The van der Waals surface area contributed by atoms with Crippen LogP contribution in [0.4, 0.5) is 0 Å². The molecule has 14 heavy (non-hydrogen) atoms. The van der Waals surface area contributed by atoms with Crippen LogP contribution in [0.25, 0.3) is 0 Å². The van der Waals surface area contributed by atoms with E-state index >= 15 is 0 Å². The number of hydrogen-bond acceptors (Lipinski definition) is 1. The summed E-state index contributed by atoms with van der Waals surface area (Å²) in [5.74, 6) is 0.303. The number of carbonyl (C=O) groups excluding carboxylic acids is 1. The van der Waals surface area contributed by atoms with E-state index in [1.165, 1.54) is 0 Å². The van der Waals surface area contributed by atoms with Gasteiger partial charge in [-0.2, -0.15) is 0 Å². The van der Waals surface area contributed by atoms with Gasteiger partial charge in [-0.1, -0.05) is 43.1 Å². The molecule has 0 aromatic rings. The van der Waals surface area contributed by atoms with E-state index < -0.39 is 0 Å². The Balaban J connectivity index is 2.87. The Morgan fingerprint density at radius 1 is 1.36 bits per heavy atom. The second-order valence-corrected chi connectivity index (χ2v) is 7.22. The van der Waals surface area contributed by atoms with Gasteiger partial charge < -0.3 is 0 Å². The third kappa shape index (κ3) is 2.52. The van der Waals surface area contributed by atoms with Crippen LogP contribution in [-0.4, -0.2) is 10.1 Å². The summed E-state index contributed by atoms with van der Waals surface area (Å²) in [6.45, 7) is 6.30. The quantitative estimate of drug-likeness (QED) is 0.522. The molecule has 1 fully saturated rings. The summed E-state index contributed by atoms with van der Waals surface area (Å²) >= 11 is 9.40. The molecule has 0 saturated heterocycles. The van der Waals surface area contributed by atoms with Gasteiger partial charge in [0.25, 0.3) is 0 Å². The average molecular weight is 282 g/mol. The van der Waals surface area contributed by atoms with E-state index in [2.05, 4.69) is 29.8 Å². The first-order valence-electron chi connectivity index (χ1n) is 5.09. The molecule has 2 atom stereocenters. The normalized spacial score (nSPS) is 35.1. The van der Waals surface area contributed by atoms with Gasteiger partial charge in [-0.05, 0) is 18.3 Å². The highest BCUT2D eigenvalue weighted by Crippen LogP contribution is 2.44. The van der Waals surface area contributed by atoms with Crippen LogP contribution in [0.3, 0.4) is 0 Å². The number of hydrogen-bond donors (Lipinski definition) is 0. The van der Waals surface area contributed by atoms with Gasteiger partial charge >= 0.3 is 0 Å². The van der Waals surface area contributed by atoms with Gasteiger partial charge in [-0.15, -0.1) is 11.6 Å². The third-order valence-corrected chi connectivity index (χ3v) is 4.80. The van der Waals surface area contributed by atoms with Gasteiger partial charge in [0, 0.05) is 6.42 Å². The van der Waals surface area contributed by atoms with Gasteiger partial charge in [0.2, 0.25) is 0 Å². The van der Waals surface area contributed by atoms with E-state index in [1.54, 1.807) is 0 Å². The molecule has 1 aliphatic rings. The first kappa shape index (κ1) is 12.5. The molecule has 0 aliphatic heterocycles. The van der Waals surface area contributed by atoms with Crippen molar-refractivity contribution < 1.29 is 4.79 Å². The second kappa shape index (κ2) is 4.13. The molecule has 0 radical (unpaired) electrons. The van der Waals surface area contributed by atoms with Gasteiger partial charge in [0.05, 0.1) is 5.41 Å². The smallest absolute Gasteiger partial charge is 0.141 e. The number of carbonyl (C=O) groups is 1. The molecule has 1 nitrogen and oxygen atoms in total. The monoisotopic (exact) mass is 280 g/mol. The van der Waals surface area contributed by atoms with Crippen molar-refractivity contribution in [3.05, 3.63) is 0 Å². The Morgan fingerprint density at radius 3 is 2.43 bits per heavy atom. The molecule has 0 heterocycles. The molecular formula is C11H18BrClO. The Morgan fingerprint density at radius 2 is 1.93 bits per heavy atom. The molecule has 3 heteroatoms. The molecule has 1 rings (SSSR count). The summed E-state index contributed by atoms with van der Waals surface area (Å²) in [6.07, 6.45) is 3.75.